The number of carbonyl (C=O) groups is 4. The smallest absolute Gasteiger partial charge is 0.226 e. The lowest BCUT2D eigenvalue weighted by atomic mass is 10.4. The first-order valence-electron chi connectivity index (χ1n) is 7.00. The molecule has 0 aromatic carbocycles. The van der Waals surface area contributed by atoms with Crippen molar-refractivity contribution in [3.05, 3.63) is 0 Å². The average Bonchev–Trinajstić information content (AvgIpc) is 2.38. The van der Waals surface area contributed by atoms with E-state index in [2.05, 4.69) is 0 Å². The van der Waals surface area contributed by atoms with Crippen LogP contribution in [0.5, 0.6) is 0 Å². The predicted octanol–water partition coefficient (Wildman–Crippen LogP) is -0.190. The summed E-state index contributed by atoms with van der Waals surface area (Å²) in [7, 11) is 0. The van der Waals surface area contributed by atoms with Crippen molar-refractivity contribution in [3.8, 4) is 0 Å². The van der Waals surface area contributed by atoms with E-state index in [1.807, 2.05) is 0 Å². The maximum atomic E-state index is 11.1. The molecule has 0 unspecified atom stereocenters. The molecule has 0 atom stereocenters. The molecule has 0 saturated carbocycles. The van der Waals surface area contributed by atoms with Crippen molar-refractivity contribution in [1.82, 2.24) is 9.80 Å². The Balaban J connectivity index is 3.70. The molecule has 0 spiro atoms. The largest absolute Gasteiger partial charge is 0.377 e. The third kappa shape index (κ3) is 8.48. The van der Waals surface area contributed by atoms with Gasteiger partial charge in [-0.3, -0.25) is 29.0 Å². The first-order valence-corrected chi connectivity index (χ1v) is 7.00. The van der Waals surface area contributed by atoms with Crippen molar-refractivity contribution in [2.24, 2.45) is 0 Å². The van der Waals surface area contributed by atoms with Gasteiger partial charge in [-0.05, 0) is 0 Å². The zero-order chi connectivity index (χ0) is 17.1. The van der Waals surface area contributed by atoms with Gasteiger partial charge in [0.25, 0.3) is 0 Å². The van der Waals surface area contributed by atoms with Crippen LogP contribution in [0.1, 0.15) is 27.7 Å². The van der Waals surface area contributed by atoms with E-state index in [-0.39, 0.29) is 49.9 Å². The van der Waals surface area contributed by atoms with Gasteiger partial charge < -0.3 is 9.47 Å². The SMILES string of the molecule is CC(=O)N(CCOCCOCCN(C(C)=O)C(C)=O)C(C)=O. The Hall–Kier alpha value is -1.80. The summed E-state index contributed by atoms with van der Waals surface area (Å²) < 4.78 is 10.5. The standard InChI is InChI=1S/C14H24N2O6/c1-11(17)15(12(2)18)5-7-21-9-10-22-8-6-16(13(3)19)14(4)20/h5-10H2,1-4H3. The molecule has 8 heteroatoms. The Morgan fingerprint density at radius 3 is 1.09 bits per heavy atom. The molecular weight excluding hydrogens is 292 g/mol. The molecule has 0 saturated heterocycles. The fourth-order valence-corrected chi connectivity index (χ4v) is 1.71. The minimum absolute atomic E-state index is 0.202. The van der Waals surface area contributed by atoms with Gasteiger partial charge in [0.15, 0.2) is 0 Å². The maximum Gasteiger partial charge on any atom is 0.226 e. The Bertz CT molecular complexity index is 344. The van der Waals surface area contributed by atoms with E-state index in [1.54, 1.807) is 0 Å². The van der Waals surface area contributed by atoms with Crippen molar-refractivity contribution in [3.63, 3.8) is 0 Å². The van der Waals surface area contributed by atoms with E-state index in [9.17, 15) is 19.2 Å². The van der Waals surface area contributed by atoms with E-state index >= 15 is 0 Å². The molecular formula is C14H24N2O6. The quantitative estimate of drug-likeness (QED) is 0.547. The van der Waals surface area contributed by atoms with Crippen molar-refractivity contribution in [2.75, 3.05) is 39.5 Å². The number of ether oxygens (including phenoxy) is 2. The second-order valence-electron chi connectivity index (χ2n) is 4.60. The fraction of sp³-hybridized carbons (Fsp3) is 0.714. The van der Waals surface area contributed by atoms with Gasteiger partial charge in [-0.25, -0.2) is 0 Å². The molecule has 0 rings (SSSR count). The van der Waals surface area contributed by atoms with Gasteiger partial charge >= 0.3 is 0 Å². The molecule has 8 nitrogen and oxygen atoms in total. The summed E-state index contributed by atoms with van der Waals surface area (Å²) >= 11 is 0. The minimum atomic E-state index is -0.319. The van der Waals surface area contributed by atoms with Crippen molar-refractivity contribution >= 4 is 23.6 Å². The lowest BCUT2D eigenvalue weighted by molar-refractivity contribution is -0.145. The number of rotatable bonds is 9. The summed E-state index contributed by atoms with van der Waals surface area (Å²) in [4.78, 5) is 46.7. The van der Waals surface area contributed by atoms with Gasteiger partial charge in [0.2, 0.25) is 23.6 Å². The van der Waals surface area contributed by atoms with E-state index in [0.29, 0.717) is 13.2 Å². The van der Waals surface area contributed by atoms with Crippen LogP contribution in [-0.4, -0.2) is 72.9 Å². The first-order chi connectivity index (χ1) is 10.3. The van der Waals surface area contributed by atoms with Gasteiger partial charge in [0.05, 0.1) is 39.5 Å². The highest BCUT2D eigenvalue weighted by Crippen LogP contribution is 1.93. The van der Waals surface area contributed by atoms with E-state index in [0.717, 1.165) is 9.80 Å². The van der Waals surface area contributed by atoms with Crippen LogP contribution >= 0.6 is 0 Å². The number of imide groups is 2. The maximum absolute atomic E-state index is 11.1. The van der Waals surface area contributed by atoms with Crippen LogP contribution in [0.15, 0.2) is 0 Å². The van der Waals surface area contributed by atoms with Crippen LogP contribution in [0.2, 0.25) is 0 Å². The fourth-order valence-electron chi connectivity index (χ4n) is 1.71. The molecule has 0 aromatic rings. The summed E-state index contributed by atoms with van der Waals surface area (Å²) in [5.74, 6) is -1.27. The summed E-state index contributed by atoms with van der Waals surface area (Å²) in [5.41, 5.74) is 0. The molecule has 0 aliphatic carbocycles. The molecule has 0 N–H and O–H groups in total. The number of hydrogen-bond acceptors (Lipinski definition) is 6. The van der Waals surface area contributed by atoms with Crippen molar-refractivity contribution in [1.29, 1.82) is 0 Å². The normalized spacial score (nSPS) is 10.2. The lowest BCUT2D eigenvalue weighted by Gasteiger charge is -2.17. The third-order valence-corrected chi connectivity index (χ3v) is 2.81. The topological polar surface area (TPSA) is 93.2 Å². The zero-order valence-corrected chi connectivity index (χ0v) is 13.6. The molecule has 0 aromatic heterocycles. The Morgan fingerprint density at radius 2 is 0.864 bits per heavy atom. The number of carbonyl (C=O) groups excluding carboxylic acids is 4. The third-order valence-electron chi connectivity index (χ3n) is 2.81. The van der Waals surface area contributed by atoms with Crippen LogP contribution in [0, 0.1) is 0 Å². The number of amides is 4. The predicted molar refractivity (Wildman–Crippen MR) is 77.8 cm³/mol. The summed E-state index contributed by atoms with van der Waals surface area (Å²) in [5, 5.41) is 0. The highest BCUT2D eigenvalue weighted by Gasteiger charge is 2.13. The highest BCUT2D eigenvalue weighted by molar-refractivity contribution is 5.93. The highest BCUT2D eigenvalue weighted by atomic mass is 16.5. The van der Waals surface area contributed by atoms with E-state index < -0.39 is 0 Å². The van der Waals surface area contributed by atoms with Gasteiger partial charge in [0.1, 0.15) is 0 Å². The zero-order valence-electron chi connectivity index (χ0n) is 13.6. The summed E-state index contributed by atoms with van der Waals surface area (Å²) in [6.45, 7) is 6.74. The van der Waals surface area contributed by atoms with E-state index in [1.165, 1.54) is 27.7 Å². The van der Waals surface area contributed by atoms with Crippen LogP contribution in [0.4, 0.5) is 0 Å². The lowest BCUT2D eigenvalue weighted by Crippen LogP contribution is -2.36. The van der Waals surface area contributed by atoms with Gasteiger partial charge in [0, 0.05) is 27.7 Å². The molecule has 0 heterocycles. The van der Waals surface area contributed by atoms with Gasteiger partial charge in [-0.2, -0.15) is 0 Å². The molecule has 0 fully saturated rings. The summed E-state index contributed by atoms with van der Waals surface area (Å²) in [6.07, 6.45) is 0. The van der Waals surface area contributed by atoms with Crippen LogP contribution in [-0.2, 0) is 28.7 Å². The monoisotopic (exact) mass is 316 g/mol. The molecule has 4 amide bonds. The Kier molecular flexibility index (Phi) is 9.97. The molecule has 0 radical (unpaired) electrons. The Labute approximate surface area is 130 Å². The number of hydrogen-bond donors (Lipinski definition) is 0. The molecule has 126 valence electrons. The molecule has 0 bridgehead atoms. The number of nitrogens with zero attached hydrogens (tertiary/aromatic N) is 2. The second-order valence-corrected chi connectivity index (χ2v) is 4.60. The first kappa shape index (κ1) is 20.2. The van der Waals surface area contributed by atoms with Crippen LogP contribution in [0.3, 0.4) is 0 Å². The minimum Gasteiger partial charge on any atom is -0.377 e. The van der Waals surface area contributed by atoms with E-state index in [4.69, 9.17) is 9.47 Å². The average molecular weight is 316 g/mol. The van der Waals surface area contributed by atoms with Crippen LogP contribution < -0.4 is 0 Å². The molecule has 0 aliphatic rings. The second kappa shape index (κ2) is 10.9. The molecule has 22 heavy (non-hydrogen) atoms. The summed E-state index contributed by atoms with van der Waals surface area (Å²) in [6, 6.07) is 0. The Morgan fingerprint density at radius 1 is 0.591 bits per heavy atom. The van der Waals surface area contributed by atoms with Crippen molar-refractivity contribution < 1.29 is 28.7 Å². The molecule has 0 aliphatic heterocycles. The van der Waals surface area contributed by atoms with Gasteiger partial charge in [-0.15, -0.1) is 0 Å². The van der Waals surface area contributed by atoms with Crippen LogP contribution in [0.25, 0.3) is 0 Å². The van der Waals surface area contributed by atoms with Crippen molar-refractivity contribution in [2.45, 2.75) is 27.7 Å². The van der Waals surface area contributed by atoms with Gasteiger partial charge in [-0.1, -0.05) is 0 Å².